The van der Waals surface area contributed by atoms with Gasteiger partial charge in [-0.25, -0.2) is 35.3 Å². The molecule has 2 N–H and O–H groups in total. The Hall–Kier alpha value is -6.61. The summed E-state index contributed by atoms with van der Waals surface area (Å²) in [5.41, 5.74) is -2.37. The molecule has 0 bridgehead atoms. The van der Waals surface area contributed by atoms with Gasteiger partial charge in [0.15, 0.2) is 5.82 Å². The van der Waals surface area contributed by atoms with Gasteiger partial charge < -0.3 is 15.2 Å². The summed E-state index contributed by atoms with van der Waals surface area (Å²) in [6, 6.07) is 14.0. The second-order valence-corrected chi connectivity index (χ2v) is 18.3. The third-order valence-corrected chi connectivity index (χ3v) is 13.0. The van der Waals surface area contributed by atoms with E-state index < -0.39 is 87.7 Å². The number of amides is 1. The number of phenolic OH excluding ortho intramolecular Hbond substituents is 1. The number of hydrogen-bond donors (Lipinski definition) is 2. The van der Waals surface area contributed by atoms with Crippen LogP contribution in [-0.2, 0) is 47.3 Å². The van der Waals surface area contributed by atoms with E-state index in [4.69, 9.17) is 16.3 Å². The summed E-state index contributed by atoms with van der Waals surface area (Å²) in [4.78, 5) is 33.7. The summed E-state index contributed by atoms with van der Waals surface area (Å²) in [5.74, 6) is -8.98. The lowest BCUT2D eigenvalue weighted by Crippen LogP contribution is -2.38. The molecule has 338 valence electrons. The molecule has 7 aromatic rings. The molecule has 65 heavy (non-hydrogen) atoms. The predicted octanol–water partition coefficient (Wildman–Crippen LogP) is 7.33. The van der Waals surface area contributed by atoms with Gasteiger partial charge in [0, 0.05) is 37.1 Å². The summed E-state index contributed by atoms with van der Waals surface area (Å²) in [7, 11) is -1.17. The first-order valence-electron chi connectivity index (χ1n) is 19.8. The normalized spacial score (nSPS) is 16.8. The highest BCUT2D eigenvalue weighted by atomic mass is 35.5. The number of halogens is 7. The van der Waals surface area contributed by atoms with Gasteiger partial charge in [-0.1, -0.05) is 23.7 Å². The van der Waals surface area contributed by atoms with E-state index in [2.05, 4.69) is 20.5 Å². The maximum absolute atomic E-state index is 15.5. The number of fused-ring (bicyclic) bond motifs is 5. The minimum atomic E-state index is -4.10. The van der Waals surface area contributed by atoms with E-state index in [0.29, 0.717) is 22.1 Å². The first kappa shape index (κ1) is 43.6. The molecular formula is C43H35ClF6N8O6S. The molecule has 3 atom stereocenters. The Morgan fingerprint density at radius 2 is 1.74 bits per heavy atom. The quantitative estimate of drug-likeness (QED) is 0.113. The van der Waals surface area contributed by atoms with Crippen LogP contribution in [-0.4, -0.2) is 61.9 Å². The van der Waals surface area contributed by atoms with Crippen LogP contribution in [0, 0.1) is 17.6 Å². The summed E-state index contributed by atoms with van der Waals surface area (Å²) >= 11 is 6.84. The topological polar surface area (TPSA) is 166 Å². The number of aromatic nitrogens is 6. The number of methoxy groups -OCH3 is 1. The average molecular weight is 941 g/mol. The maximum Gasteiger partial charge on any atom is 0.293 e. The number of rotatable bonds is 13. The molecule has 0 unspecified atom stereocenters. The van der Waals surface area contributed by atoms with Crippen molar-refractivity contribution in [3.05, 3.63) is 134 Å². The van der Waals surface area contributed by atoms with Crippen LogP contribution in [0.25, 0.3) is 27.5 Å². The molecule has 3 heterocycles. The number of carbonyl (C=O) groups is 1. The molecule has 3 aromatic heterocycles. The van der Waals surface area contributed by atoms with Crippen molar-refractivity contribution in [3.63, 3.8) is 0 Å². The Morgan fingerprint density at radius 1 is 1.03 bits per heavy atom. The van der Waals surface area contributed by atoms with Gasteiger partial charge in [-0.15, -0.1) is 0 Å². The van der Waals surface area contributed by atoms with Crippen LogP contribution in [0.15, 0.2) is 77.6 Å². The van der Waals surface area contributed by atoms with Crippen molar-refractivity contribution in [1.29, 1.82) is 0 Å². The molecule has 1 amide bonds. The number of aryl methyl sites for hydroxylation is 1. The number of alkyl halides is 4. The van der Waals surface area contributed by atoms with Crippen LogP contribution >= 0.6 is 11.6 Å². The molecule has 0 saturated heterocycles. The van der Waals surface area contributed by atoms with Crippen molar-refractivity contribution in [2.24, 2.45) is 13.0 Å². The van der Waals surface area contributed by atoms with Gasteiger partial charge in [-0.05, 0) is 72.0 Å². The summed E-state index contributed by atoms with van der Waals surface area (Å²) in [6.07, 6.45) is -2.77. The second-order valence-electron chi connectivity index (χ2n) is 15.9. The highest BCUT2D eigenvalue weighted by Gasteiger charge is 2.67. The predicted molar refractivity (Wildman–Crippen MR) is 225 cm³/mol. The number of anilines is 1. The van der Waals surface area contributed by atoms with Crippen molar-refractivity contribution in [2.45, 2.75) is 50.2 Å². The molecule has 2 aliphatic rings. The third-order valence-electron chi connectivity index (χ3n) is 11.6. The molecular weight excluding hydrogens is 906 g/mol. The van der Waals surface area contributed by atoms with E-state index in [1.807, 2.05) is 0 Å². The van der Waals surface area contributed by atoms with Crippen molar-refractivity contribution in [3.8, 4) is 17.2 Å². The van der Waals surface area contributed by atoms with Crippen molar-refractivity contribution in [2.75, 3.05) is 17.7 Å². The van der Waals surface area contributed by atoms with Gasteiger partial charge in [-0.3, -0.25) is 23.5 Å². The fraction of sp³-hybridized carbons (Fsp3) is 0.279. The van der Waals surface area contributed by atoms with Crippen molar-refractivity contribution in [1.82, 2.24) is 34.4 Å². The Labute approximate surface area is 369 Å². The van der Waals surface area contributed by atoms with Gasteiger partial charge in [0.25, 0.3) is 17.9 Å². The second kappa shape index (κ2) is 15.8. The Balaban J connectivity index is 1.22. The van der Waals surface area contributed by atoms with Gasteiger partial charge in [0.2, 0.25) is 15.9 Å². The summed E-state index contributed by atoms with van der Waals surface area (Å²) < 4.78 is 125. The van der Waals surface area contributed by atoms with Crippen LogP contribution in [0.1, 0.15) is 58.7 Å². The summed E-state index contributed by atoms with van der Waals surface area (Å²) in [5, 5.41) is 21.4. The smallest absolute Gasteiger partial charge is 0.293 e. The highest BCUT2D eigenvalue weighted by Crippen LogP contribution is 2.68. The van der Waals surface area contributed by atoms with Crippen LogP contribution in [0.2, 0.25) is 5.02 Å². The first-order chi connectivity index (χ1) is 30.7. The van der Waals surface area contributed by atoms with Gasteiger partial charge >= 0.3 is 0 Å². The summed E-state index contributed by atoms with van der Waals surface area (Å²) in [6.45, 7) is -1.23. The van der Waals surface area contributed by atoms with E-state index in [-0.39, 0.29) is 74.0 Å². The molecule has 0 aliphatic heterocycles. The van der Waals surface area contributed by atoms with E-state index in [0.717, 1.165) is 33.3 Å². The Morgan fingerprint density at radius 3 is 2.40 bits per heavy atom. The number of aromatic hydroxyl groups is 1. The Kier molecular flexibility index (Phi) is 10.6. The lowest BCUT2D eigenvalue weighted by atomic mass is 10.0. The molecule has 2 aliphatic carbocycles. The molecule has 0 radical (unpaired) electrons. The van der Waals surface area contributed by atoms with Crippen LogP contribution < -0.4 is 19.9 Å². The minimum Gasteiger partial charge on any atom is -0.508 e. The number of sulfonamides is 1. The lowest BCUT2D eigenvalue weighted by molar-refractivity contribution is -0.123. The molecule has 0 spiro atoms. The molecule has 14 nitrogen and oxygen atoms in total. The number of carbonyl (C=O) groups excluding carboxylic acids is 1. The zero-order valence-electron chi connectivity index (χ0n) is 34.2. The number of ether oxygens (including phenoxy) is 1. The van der Waals surface area contributed by atoms with E-state index in [1.54, 1.807) is 24.3 Å². The number of benzene rings is 4. The molecule has 9 rings (SSSR count). The number of hydrogen-bond acceptors (Lipinski definition) is 9. The average Bonchev–Trinajstić information content (AvgIpc) is 3.76. The lowest BCUT2D eigenvalue weighted by Gasteiger charge is -2.24. The van der Waals surface area contributed by atoms with Crippen molar-refractivity contribution < 1.29 is 49.4 Å². The van der Waals surface area contributed by atoms with Crippen LogP contribution in [0.5, 0.6) is 11.5 Å². The van der Waals surface area contributed by atoms with Crippen LogP contribution in [0.3, 0.4) is 0 Å². The fourth-order valence-corrected chi connectivity index (χ4v) is 9.78. The number of nitrogens with one attached hydrogen (secondary N) is 1. The zero-order chi connectivity index (χ0) is 46.4. The van der Waals surface area contributed by atoms with Gasteiger partial charge in [0.05, 0.1) is 58.5 Å². The standard InChI is InChI=1S/C43H35ClF6N8O6S/c1-55-37-32(11-10-29(44)35(37)41(54-55)57(65(3,62)63)18-20-4-7-25(64-2)8-5-20)58-40(52-30-16-24(59)6-9-26(30)42(58)61)31(14-21-12-22(45)15-23(46)13-21)51-33(60)19-56-38-34(36(53-56)39(47)48)27-17-28(27)43(38,49)50/h4-13,15-16,27-28,31,39,59H,14,17-19H2,1-3H3,(H,51,60)/t27-,28+,31-/m0/s1. The van der Waals surface area contributed by atoms with Crippen LogP contribution in [0.4, 0.5) is 32.2 Å². The largest absolute Gasteiger partial charge is 0.508 e. The van der Waals surface area contributed by atoms with Gasteiger partial charge in [-0.2, -0.15) is 19.0 Å². The Bertz CT molecular complexity index is 3250. The maximum atomic E-state index is 15.5. The molecule has 22 heteroatoms. The van der Waals surface area contributed by atoms with Gasteiger partial charge in [0.1, 0.15) is 46.9 Å². The third kappa shape index (κ3) is 7.68. The van der Waals surface area contributed by atoms with E-state index in [1.165, 1.54) is 43.1 Å². The SMILES string of the molecule is COc1ccc(CN(c2nn(C)c3c(-n4c([C@H](Cc5cc(F)cc(F)c5)NC(=O)Cn5nc(C(F)F)c6c5C(F)(F)[C@@H]5C[C@H]65)nc5cc(O)ccc5c4=O)ccc(Cl)c23)S(C)(=O)=O)cc1. The van der Waals surface area contributed by atoms with E-state index >= 15 is 8.78 Å². The van der Waals surface area contributed by atoms with Crippen molar-refractivity contribution >= 4 is 55.2 Å². The molecule has 1 fully saturated rings. The zero-order valence-corrected chi connectivity index (χ0v) is 35.8. The first-order valence-corrected chi connectivity index (χ1v) is 22.0. The highest BCUT2D eigenvalue weighted by molar-refractivity contribution is 7.92. The minimum absolute atomic E-state index is 0.00736. The molecule has 1 saturated carbocycles. The number of nitrogens with zero attached hydrogens (tertiary/aromatic N) is 7. The fourth-order valence-electron chi connectivity index (χ4n) is 8.72. The number of phenols is 1. The monoisotopic (exact) mass is 940 g/mol. The van der Waals surface area contributed by atoms with E-state index in [9.17, 15) is 40.7 Å². The molecule has 4 aromatic carbocycles.